The van der Waals surface area contributed by atoms with Crippen molar-refractivity contribution < 1.29 is 0 Å². The third kappa shape index (κ3) is 3.56. The predicted molar refractivity (Wildman–Crippen MR) is 88.9 cm³/mol. The van der Waals surface area contributed by atoms with Gasteiger partial charge in [-0.25, -0.2) is 0 Å². The van der Waals surface area contributed by atoms with Crippen LogP contribution in [0.5, 0.6) is 0 Å². The minimum atomic E-state index is 0.386. The Bertz CT molecular complexity index is 672. The van der Waals surface area contributed by atoms with Crippen molar-refractivity contribution >= 4 is 23.3 Å². The highest BCUT2D eigenvalue weighted by molar-refractivity contribution is 6.30. The molecule has 0 radical (unpaired) electrons. The molecule has 0 saturated carbocycles. The molecule has 1 unspecified atom stereocenters. The van der Waals surface area contributed by atoms with Gasteiger partial charge in [0, 0.05) is 23.0 Å². The number of aromatic nitrogens is 1. The Morgan fingerprint density at radius 3 is 2.43 bits per heavy atom. The van der Waals surface area contributed by atoms with E-state index in [2.05, 4.69) is 37.6 Å². The molecule has 1 atom stereocenters. The second-order valence-corrected chi connectivity index (χ2v) is 5.94. The molecule has 0 aliphatic rings. The minimum Gasteiger partial charge on any atom is -0.345 e. The van der Waals surface area contributed by atoms with Crippen LogP contribution in [0.2, 0.25) is 5.02 Å². The minimum absolute atomic E-state index is 0.386. The summed E-state index contributed by atoms with van der Waals surface area (Å²) in [6.45, 7) is 6.58. The molecule has 0 spiro atoms. The van der Waals surface area contributed by atoms with Crippen LogP contribution in [0, 0.1) is 17.2 Å². The Balaban J connectivity index is 2.40. The average molecular weight is 299 g/mol. The third-order valence-corrected chi connectivity index (χ3v) is 4.04. The summed E-state index contributed by atoms with van der Waals surface area (Å²) in [6, 6.07) is 14.1. The van der Waals surface area contributed by atoms with Gasteiger partial charge in [-0.15, -0.1) is 0 Å². The van der Waals surface area contributed by atoms with Gasteiger partial charge in [0.2, 0.25) is 0 Å². The molecule has 0 fully saturated rings. The van der Waals surface area contributed by atoms with Gasteiger partial charge < -0.3 is 4.57 Å². The molecule has 108 valence electrons. The second kappa shape index (κ2) is 6.65. The maximum absolute atomic E-state index is 9.43. The van der Waals surface area contributed by atoms with E-state index < -0.39 is 0 Å². The average Bonchev–Trinajstić information content (AvgIpc) is 2.93. The molecule has 3 heteroatoms. The van der Waals surface area contributed by atoms with Gasteiger partial charge in [-0.3, -0.25) is 0 Å². The van der Waals surface area contributed by atoms with Gasteiger partial charge in [0.15, 0.2) is 0 Å². The highest BCUT2D eigenvalue weighted by Crippen LogP contribution is 2.24. The van der Waals surface area contributed by atoms with E-state index in [1.165, 1.54) is 0 Å². The molecule has 0 aliphatic heterocycles. The Morgan fingerprint density at radius 1 is 1.19 bits per heavy atom. The molecular weight excluding hydrogens is 280 g/mol. The van der Waals surface area contributed by atoms with Crippen LogP contribution in [0.1, 0.15) is 38.1 Å². The van der Waals surface area contributed by atoms with Crippen LogP contribution in [-0.4, -0.2) is 4.57 Å². The van der Waals surface area contributed by atoms with E-state index in [1.54, 1.807) is 12.1 Å². The topological polar surface area (TPSA) is 28.7 Å². The second-order valence-electron chi connectivity index (χ2n) is 5.50. The third-order valence-electron chi connectivity index (χ3n) is 3.78. The number of benzene rings is 1. The van der Waals surface area contributed by atoms with Gasteiger partial charge in [-0.1, -0.05) is 37.6 Å². The maximum atomic E-state index is 9.43. The Hall–Kier alpha value is -1.98. The zero-order valence-corrected chi connectivity index (χ0v) is 13.3. The molecule has 1 heterocycles. The zero-order valence-electron chi connectivity index (χ0n) is 12.5. The van der Waals surface area contributed by atoms with E-state index >= 15 is 0 Å². The van der Waals surface area contributed by atoms with Crippen molar-refractivity contribution in [2.75, 3.05) is 0 Å². The number of rotatable bonds is 4. The quantitative estimate of drug-likeness (QED) is 0.693. The largest absolute Gasteiger partial charge is 0.345 e. The van der Waals surface area contributed by atoms with Gasteiger partial charge in [0.25, 0.3) is 0 Å². The molecule has 0 saturated heterocycles. The molecule has 0 bridgehead atoms. The molecule has 1 aromatic heterocycles. The van der Waals surface area contributed by atoms with Crippen molar-refractivity contribution in [3.8, 4) is 6.07 Å². The molecule has 0 aliphatic carbocycles. The monoisotopic (exact) mass is 298 g/mol. The number of hydrogen-bond donors (Lipinski definition) is 0. The van der Waals surface area contributed by atoms with Gasteiger partial charge in [-0.05, 0) is 48.7 Å². The molecular formula is C18H19ClN2. The highest BCUT2D eigenvalue weighted by Gasteiger charge is 2.12. The Morgan fingerprint density at radius 2 is 1.86 bits per heavy atom. The summed E-state index contributed by atoms with van der Waals surface area (Å²) in [7, 11) is 0. The van der Waals surface area contributed by atoms with Crippen LogP contribution in [-0.2, 0) is 0 Å². The van der Waals surface area contributed by atoms with Crippen LogP contribution in [0.4, 0.5) is 0 Å². The molecule has 0 amide bonds. The van der Waals surface area contributed by atoms with E-state index in [-0.39, 0.29) is 0 Å². The molecule has 1 aromatic carbocycles. The summed E-state index contributed by atoms with van der Waals surface area (Å²) in [5.74, 6) is 0.533. The van der Waals surface area contributed by atoms with Crippen LogP contribution in [0.3, 0.4) is 0 Å². The summed E-state index contributed by atoms with van der Waals surface area (Å²) in [6.07, 6.45) is 4.00. The lowest BCUT2D eigenvalue weighted by Gasteiger charge is -2.20. The zero-order chi connectivity index (χ0) is 15.4. The summed E-state index contributed by atoms with van der Waals surface area (Å²) in [5, 5.41) is 10.1. The van der Waals surface area contributed by atoms with Crippen molar-refractivity contribution in [3.05, 3.63) is 58.9 Å². The van der Waals surface area contributed by atoms with Crippen molar-refractivity contribution in [3.63, 3.8) is 0 Å². The summed E-state index contributed by atoms with van der Waals surface area (Å²) in [4.78, 5) is 0. The number of hydrogen-bond acceptors (Lipinski definition) is 1. The van der Waals surface area contributed by atoms with Crippen molar-refractivity contribution in [2.45, 2.75) is 26.8 Å². The van der Waals surface area contributed by atoms with E-state index in [0.29, 0.717) is 22.6 Å². The number of nitrogens with zero attached hydrogens (tertiary/aromatic N) is 2. The first-order chi connectivity index (χ1) is 10.0. The lowest BCUT2D eigenvalue weighted by atomic mass is 10.0. The Labute approximate surface area is 131 Å². The lowest BCUT2D eigenvalue weighted by molar-refractivity contribution is 0.407. The van der Waals surface area contributed by atoms with Crippen LogP contribution in [0.15, 0.2) is 42.6 Å². The van der Waals surface area contributed by atoms with E-state index in [9.17, 15) is 5.26 Å². The van der Waals surface area contributed by atoms with Crippen LogP contribution >= 0.6 is 11.6 Å². The van der Waals surface area contributed by atoms with Gasteiger partial charge in [0.05, 0.1) is 11.6 Å². The number of halogens is 1. The van der Waals surface area contributed by atoms with Crippen LogP contribution in [0.25, 0.3) is 11.6 Å². The van der Waals surface area contributed by atoms with Gasteiger partial charge in [-0.2, -0.15) is 5.26 Å². The first-order valence-corrected chi connectivity index (χ1v) is 7.45. The molecule has 2 rings (SSSR count). The SMILES string of the molecule is CC(C)C(C)n1cccc1/C=C(\C#N)c1ccc(Cl)cc1. The first kappa shape index (κ1) is 15.4. The van der Waals surface area contributed by atoms with Crippen molar-refractivity contribution in [2.24, 2.45) is 5.92 Å². The van der Waals surface area contributed by atoms with E-state index in [0.717, 1.165) is 11.3 Å². The van der Waals surface area contributed by atoms with Gasteiger partial charge >= 0.3 is 0 Å². The van der Waals surface area contributed by atoms with E-state index in [4.69, 9.17) is 11.6 Å². The molecule has 2 aromatic rings. The molecule has 2 nitrogen and oxygen atoms in total. The maximum Gasteiger partial charge on any atom is 0.0998 e. The molecule has 0 N–H and O–H groups in total. The summed E-state index contributed by atoms with van der Waals surface area (Å²) >= 11 is 5.90. The van der Waals surface area contributed by atoms with Crippen LogP contribution < -0.4 is 0 Å². The predicted octanol–water partition coefficient (Wildman–Crippen LogP) is 5.42. The van der Waals surface area contributed by atoms with Crippen molar-refractivity contribution in [1.29, 1.82) is 5.26 Å². The summed E-state index contributed by atoms with van der Waals surface area (Å²) in [5.41, 5.74) is 2.57. The highest BCUT2D eigenvalue weighted by atomic mass is 35.5. The number of nitriles is 1. The lowest BCUT2D eigenvalue weighted by Crippen LogP contribution is -2.11. The van der Waals surface area contributed by atoms with Crippen molar-refractivity contribution in [1.82, 2.24) is 4.57 Å². The fourth-order valence-corrected chi connectivity index (χ4v) is 2.30. The Kier molecular flexibility index (Phi) is 4.88. The standard InChI is InChI=1S/C18H19ClN2/c1-13(2)14(3)21-10-4-5-18(21)11-16(12-20)15-6-8-17(19)9-7-15/h4-11,13-14H,1-3H3/b16-11+. The van der Waals surface area contributed by atoms with E-state index in [1.807, 2.05) is 30.3 Å². The number of allylic oxidation sites excluding steroid dienone is 1. The summed E-state index contributed by atoms with van der Waals surface area (Å²) < 4.78 is 2.21. The fraction of sp³-hybridized carbons (Fsp3) is 0.278. The van der Waals surface area contributed by atoms with Gasteiger partial charge in [0.1, 0.15) is 0 Å². The first-order valence-electron chi connectivity index (χ1n) is 7.07. The normalized spacial score (nSPS) is 13.2. The molecule has 21 heavy (non-hydrogen) atoms. The smallest absolute Gasteiger partial charge is 0.0998 e. The fourth-order valence-electron chi connectivity index (χ4n) is 2.18.